The van der Waals surface area contributed by atoms with Crippen molar-refractivity contribution in [1.82, 2.24) is 25.1 Å². The van der Waals surface area contributed by atoms with Crippen LogP contribution in [0.25, 0.3) is 5.65 Å². The molecule has 1 aromatic carbocycles. The van der Waals surface area contributed by atoms with Crippen molar-refractivity contribution in [3.8, 4) is 0 Å². The third-order valence-electron chi connectivity index (χ3n) is 5.25. The molecule has 1 saturated heterocycles. The van der Waals surface area contributed by atoms with Crippen molar-refractivity contribution in [3.05, 3.63) is 53.9 Å². The molecule has 0 atom stereocenters. The number of alkyl halides is 3. The third-order valence-corrected chi connectivity index (χ3v) is 5.25. The minimum atomic E-state index is -4.63. The topological polar surface area (TPSA) is 75.4 Å². The number of halogens is 3. The molecule has 4 rings (SSSR count). The molecule has 30 heavy (non-hydrogen) atoms. The van der Waals surface area contributed by atoms with E-state index >= 15 is 0 Å². The Balaban J connectivity index is 1.33. The first-order valence-corrected chi connectivity index (χ1v) is 9.78. The van der Waals surface area contributed by atoms with Crippen molar-refractivity contribution < 1.29 is 18.0 Å². The van der Waals surface area contributed by atoms with E-state index in [1.165, 1.54) is 11.6 Å². The Morgan fingerprint density at radius 2 is 1.80 bits per heavy atom. The van der Waals surface area contributed by atoms with Gasteiger partial charge < -0.3 is 10.2 Å². The van der Waals surface area contributed by atoms with Gasteiger partial charge in [0.2, 0.25) is 5.91 Å². The van der Waals surface area contributed by atoms with Crippen LogP contribution in [-0.4, -0.2) is 45.4 Å². The largest absolute Gasteiger partial charge is 0.453 e. The van der Waals surface area contributed by atoms with Gasteiger partial charge in [0, 0.05) is 25.6 Å². The lowest BCUT2D eigenvalue weighted by atomic mass is 9.96. The normalized spacial score (nSPS) is 15.5. The molecule has 0 saturated carbocycles. The minimum absolute atomic E-state index is 0.0205. The first-order chi connectivity index (χ1) is 14.4. The zero-order valence-corrected chi connectivity index (χ0v) is 16.1. The van der Waals surface area contributed by atoms with E-state index in [1.54, 1.807) is 6.07 Å². The van der Waals surface area contributed by atoms with Crippen molar-refractivity contribution in [2.75, 3.05) is 24.5 Å². The second kappa shape index (κ2) is 8.29. The Hall–Kier alpha value is -3.17. The number of carbonyl (C=O) groups excluding carboxylic acids is 1. The van der Waals surface area contributed by atoms with E-state index in [2.05, 4.69) is 20.6 Å². The van der Waals surface area contributed by atoms with E-state index < -0.39 is 12.0 Å². The highest BCUT2D eigenvalue weighted by molar-refractivity contribution is 5.79. The van der Waals surface area contributed by atoms with E-state index in [4.69, 9.17) is 0 Å². The van der Waals surface area contributed by atoms with Gasteiger partial charge in [0.15, 0.2) is 5.65 Å². The monoisotopic (exact) mass is 418 g/mol. The van der Waals surface area contributed by atoms with Gasteiger partial charge in [0.1, 0.15) is 5.82 Å². The van der Waals surface area contributed by atoms with Crippen LogP contribution >= 0.6 is 0 Å². The summed E-state index contributed by atoms with van der Waals surface area (Å²) in [5, 5.41) is 13.8. The van der Waals surface area contributed by atoms with Crippen molar-refractivity contribution in [2.24, 2.45) is 5.92 Å². The van der Waals surface area contributed by atoms with Gasteiger partial charge >= 0.3 is 6.18 Å². The fourth-order valence-electron chi connectivity index (χ4n) is 3.61. The molecule has 2 aromatic heterocycles. The van der Waals surface area contributed by atoms with Crippen LogP contribution in [0.3, 0.4) is 0 Å². The number of piperidine rings is 1. The average molecular weight is 418 g/mol. The van der Waals surface area contributed by atoms with Crippen LogP contribution in [0.15, 0.2) is 42.5 Å². The van der Waals surface area contributed by atoms with Gasteiger partial charge in [-0.25, -0.2) is 0 Å². The molecule has 1 aliphatic rings. The second-order valence-electron chi connectivity index (χ2n) is 7.27. The zero-order valence-electron chi connectivity index (χ0n) is 16.1. The summed E-state index contributed by atoms with van der Waals surface area (Å²) in [5.41, 5.74) is 1.21. The SMILES string of the molecule is O=C(NCCc1ccccc1)C1CCN(c2ccc3nnc(C(F)(F)F)n3n2)CC1. The molecule has 0 spiro atoms. The smallest absolute Gasteiger partial charge is 0.356 e. The standard InChI is InChI=1S/C20H21F3N6O/c21-20(22,23)19-26-25-16-6-7-17(27-29(16)19)28-12-9-15(10-13-28)18(30)24-11-8-14-4-2-1-3-5-14/h1-7,15H,8-13H2,(H,24,30). The Labute approximate surface area is 170 Å². The lowest BCUT2D eigenvalue weighted by Crippen LogP contribution is -2.41. The molecule has 0 radical (unpaired) electrons. The summed E-state index contributed by atoms with van der Waals surface area (Å²) in [4.78, 5) is 14.3. The number of anilines is 1. The molecule has 1 amide bonds. The number of hydrogen-bond donors (Lipinski definition) is 1. The van der Waals surface area contributed by atoms with Crippen LogP contribution in [0.4, 0.5) is 19.0 Å². The number of carbonyl (C=O) groups is 1. The van der Waals surface area contributed by atoms with Gasteiger partial charge in [-0.3, -0.25) is 4.79 Å². The average Bonchev–Trinajstić information content (AvgIpc) is 3.18. The second-order valence-corrected chi connectivity index (χ2v) is 7.27. The minimum Gasteiger partial charge on any atom is -0.356 e. The van der Waals surface area contributed by atoms with Crippen LogP contribution in [0.2, 0.25) is 0 Å². The van der Waals surface area contributed by atoms with Gasteiger partial charge in [-0.2, -0.15) is 17.7 Å². The number of aromatic nitrogens is 4. The summed E-state index contributed by atoms with van der Waals surface area (Å²) in [5.74, 6) is -0.823. The number of nitrogens with zero attached hydrogens (tertiary/aromatic N) is 5. The van der Waals surface area contributed by atoms with E-state index in [0.717, 1.165) is 10.9 Å². The summed E-state index contributed by atoms with van der Waals surface area (Å²) in [6.45, 7) is 1.66. The predicted molar refractivity (Wildman–Crippen MR) is 104 cm³/mol. The molecule has 1 N–H and O–H groups in total. The van der Waals surface area contributed by atoms with Crippen LogP contribution in [0, 0.1) is 5.92 Å². The Bertz CT molecular complexity index is 1010. The van der Waals surface area contributed by atoms with E-state index in [1.807, 2.05) is 35.2 Å². The first kappa shape index (κ1) is 20.1. The maximum absolute atomic E-state index is 13.1. The predicted octanol–water partition coefficient (Wildman–Crippen LogP) is 2.72. The Morgan fingerprint density at radius 1 is 1.07 bits per heavy atom. The summed E-state index contributed by atoms with van der Waals surface area (Å²) in [7, 11) is 0. The molecule has 158 valence electrons. The maximum atomic E-state index is 13.1. The maximum Gasteiger partial charge on any atom is 0.453 e. The van der Waals surface area contributed by atoms with Gasteiger partial charge in [0.05, 0.1) is 0 Å². The highest BCUT2D eigenvalue weighted by atomic mass is 19.4. The van der Waals surface area contributed by atoms with E-state index in [-0.39, 0.29) is 17.5 Å². The van der Waals surface area contributed by atoms with Crippen LogP contribution in [-0.2, 0) is 17.4 Å². The molecular formula is C20H21F3N6O. The summed E-state index contributed by atoms with van der Waals surface area (Å²) < 4.78 is 39.9. The van der Waals surface area contributed by atoms with Crippen LogP contribution < -0.4 is 10.2 Å². The van der Waals surface area contributed by atoms with Crippen molar-refractivity contribution in [3.63, 3.8) is 0 Å². The molecular weight excluding hydrogens is 397 g/mol. The van der Waals surface area contributed by atoms with E-state index in [9.17, 15) is 18.0 Å². The van der Waals surface area contributed by atoms with E-state index in [0.29, 0.717) is 38.3 Å². The highest BCUT2D eigenvalue weighted by Crippen LogP contribution is 2.28. The fraction of sp³-hybridized carbons (Fsp3) is 0.400. The summed E-state index contributed by atoms with van der Waals surface area (Å²) in [6, 6.07) is 13.0. The summed E-state index contributed by atoms with van der Waals surface area (Å²) in [6.07, 6.45) is -2.62. The van der Waals surface area contributed by atoms with Crippen molar-refractivity contribution >= 4 is 17.4 Å². The number of amides is 1. The Morgan fingerprint density at radius 3 is 2.50 bits per heavy atom. The van der Waals surface area contributed by atoms with Gasteiger partial charge in [-0.15, -0.1) is 15.3 Å². The molecule has 0 aliphatic carbocycles. The van der Waals surface area contributed by atoms with Gasteiger partial charge in [0.25, 0.3) is 5.82 Å². The molecule has 3 aromatic rings. The zero-order chi connectivity index (χ0) is 21.1. The van der Waals surface area contributed by atoms with Crippen LogP contribution in [0.1, 0.15) is 24.2 Å². The van der Waals surface area contributed by atoms with Crippen molar-refractivity contribution in [1.29, 1.82) is 0 Å². The molecule has 1 aliphatic heterocycles. The van der Waals surface area contributed by atoms with Gasteiger partial charge in [-0.05, 0) is 37.0 Å². The third kappa shape index (κ3) is 4.37. The number of rotatable bonds is 5. The number of hydrogen-bond acceptors (Lipinski definition) is 5. The highest BCUT2D eigenvalue weighted by Gasteiger charge is 2.38. The molecule has 1 fully saturated rings. The lowest BCUT2D eigenvalue weighted by molar-refractivity contribution is -0.146. The number of fused-ring (bicyclic) bond motifs is 1. The summed E-state index contributed by atoms with van der Waals surface area (Å²) >= 11 is 0. The van der Waals surface area contributed by atoms with Gasteiger partial charge in [-0.1, -0.05) is 30.3 Å². The molecule has 0 unspecified atom stereocenters. The molecule has 3 heterocycles. The quantitative estimate of drug-likeness (QED) is 0.690. The van der Waals surface area contributed by atoms with Crippen LogP contribution in [0.5, 0.6) is 0 Å². The number of nitrogens with one attached hydrogen (secondary N) is 1. The van der Waals surface area contributed by atoms with Crippen molar-refractivity contribution in [2.45, 2.75) is 25.4 Å². The Kier molecular flexibility index (Phi) is 5.56. The molecule has 7 nitrogen and oxygen atoms in total. The fourth-order valence-corrected chi connectivity index (χ4v) is 3.61. The molecule has 10 heteroatoms. The first-order valence-electron chi connectivity index (χ1n) is 9.78. The lowest BCUT2D eigenvalue weighted by Gasteiger charge is -2.32. The molecule has 0 bridgehead atoms. The number of benzene rings is 1.